The number of rotatable bonds is 5. The summed E-state index contributed by atoms with van der Waals surface area (Å²) >= 11 is 0. The van der Waals surface area contributed by atoms with Crippen molar-refractivity contribution in [3.63, 3.8) is 0 Å². The largest absolute Gasteiger partial charge is 0.490 e. The summed E-state index contributed by atoms with van der Waals surface area (Å²) in [5.74, 6) is -3.21. The lowest BCUT2D eigenvalue weighted by Crippen LogP contribution is -2.43. The number of imidazole rings is 1. The number of likely N-dealkylation sites (tertiary alicyclic amines) is 1. The number of halogens is 6. The number of aliphatic carboxylic acids is 2. The summed E-state index contributed by atoms with van der Waals surface area (Å²) < 4.78 is 76.7. The van der Waals surface area contributed by atoms with Crippen molar-refractivity contribution in [2.45, 2.75) is 31.4 Å². The lowest BCUT2D eigenvalue weighted by molar-refractivity contribution is -0.193. The number of fused-ring (bicyclic) bond motifs is 1. The minimum atomic E-state index is -5.08. The lowest BCUT2D eigenvalue weighted by Gasteiger charge is -2.35. The molecule has 3 atom stereocenters. The van der Waals surface area contributed by atoms with E-state index in [-0.39, 0.29) is 12.0 Å². The Balaban J connectivity index is 0.000000317. The first-order chi connectivity index (χ1) is 18.1. The van der Waals surface area contributed by atoms with Crippen molar-refractivity contribution in [1.82, 2.24) is 19.8 Å². The van der Waals surface area contributed by atoms with Crippen LogP contribution in [0.15, 0.2) is 35.2 Å². The molecule has 0 unspecified atom stereocenters. The highest BCUT2D eigenvalue weighted by molar-refractivity contribution is 5.91. The zero-order valence-corrected chi connectivity index (χ0v) is 20.4. The Hall–Kier alpha value is -3.60. The van der Waals surface area contributed by atoms with Gasteiger partial charge in [-0.2, -0.15) is 26.3 Å². The number of piperidine rings is 1. The topological polar surface area (TPSA) is 147 Å². The third-order valence-corrected chi connectivity index (χ3v) is 5.86. The van der Waals surface area contributed by atoms with Gasteiger partial charge in [0.25, 0.3) is 5.91 Å². The van der Waals surface area contributed by atoms with Crippen LogP contribution in [0.4, 0.5) is 26.3 Å². The molecule has 2 aliphatic heterocycles. The third-order valence-electron chi connectivity index (χ3n) is 5.86. The number of aromatic nitrogens is 2. The number of amides is 1. The summed E-state index contributed by atoms with van der Waals surface area (Å²) in [5, 5.41) is 17.2. The summed E-state index contributed by atoms with van der Waals surface area (Å²) in [4.78, 5) is 36.7. The predicted octanol–water partition coefficient (Wildman–Crippen LogP) is 2.55. The van der Waals surface area contributed by atoms with Crippen LogP contribution in [0.5, 0.6) is 0 Å². The highest BCUT2D eigenvalue weighted by Crippen LogP contribution is 2.34. The molecule has 218 valence electrons. The SMILES string of the molecule is Cn1ccnc1CN1CC[C@@H]2[C@@H](CO[C@H]2CNC(=O)c2ccco2)C1.O=C(O)C(F)(F)F.O=C(O)C(F)(F)F. The van der Waals surface area contributed by atoms with Gasteiger partial charge in [-0.3, -0.25) is 9.69 Å². The number of carbonyl (C=O) groups is 3. The van der Waals surface area contributed by atoms with Gasteiger partial charge in [0.2, 0.25) is 0 Å². The van der Waals surface area contributed by atoms with Crippen LogP contribution < -0.4 is 5.32 Å². The first-order valence-corrected chi connectivity index (χ1v) is 11.3. The minimum Gasteiger partial charge on any atom is -0.475 e. The molecule has 17 heteroatoms. The van der Waals surface area contributed by atoms with Gasteiger partial charge in [-0.05, 0) is 31.0 Å². The van der Waals surface area contributed by atoms with Crippen LogP contribution in [0.25, 0.3) is 0 Å². The fraction of sp³-hybridized carbons (Fsp3) is 0.545. The highest BCUT2D eigenvalue weighted by Gasteiger charge is 2.41. The number of carboxylic acids is 2. The van der Waals surface area contributed by atoms with E-state index in [1.54, 1.807) is 12.1 Å². The van der Waals surface area contributed by atoms with Crippen LogP contribution in [-0.4, -0.2) is 87.2 Å². The summed E-state index contributed by atoms with van der Waals surface area (Å²) in [5.41, 5.74) is 0. The monoisotopic (exact) mass is 572 g/mol. The number of carbonyl (C=O) groups excluding carboxylic acids is 1. The number of hydrogen-bond donors (Lipinski definition) is 3. The van der Waals surface area contributed by atoms with Crippen molar-refractivity contribution >= 4 is 17.8 Å². The van der Waals surface area contributed by atoms with Gasteiger partial charge in [-0.25, -0.2) is 14.6 Å². The Morgan fingerprint density at radius 2 is 1.74 bits per heavy atom. The van der Waals surface area contributed by atoms with Crippen LogP contribution in [0.2, 0.25) is 0 Å². The van der Waals surface area contributed by atoms with E-state index in [4.69, 9.17) is 29.0 Å². The van der Waals surface area contributed by atoms with E-state index in [2.05, 4.69) is 19.8 Å². The summed E-state index contributed by atoms with van der Waals surface area (Å²) in [6, 6.07) is 3.39. The molecule has 0 spiro atoms. The molecule has 0 radical (unpaired) electrons. The van der Waals surface area contributed by atoms with Gasteiger partial charge in [-0.1, -0.05) is 0 Å². The first kappa shape index (κ1) is 31.6. The molecule has 1 amide bonds. The summed E-state index contributed by atoms with van der Waals surface area (Å²) in [6.07, 6.45) is -3.64. The Morgan fingerprint density at radius 3 is 2.23 bits per heavy atom. The molecule has 3 N–H and O–H groups in total. The molecule has 2 aliphatic rings. The second kappa shape index (κ2) is 13.5. The quantitative estimate of drug-likeness (QED) is 0.460. The average Bonchev–Trinajstić information content (AvgIpc) is 3.59. The zero-order valence-electron chi connectivity index (χ0n) is 20.4. The van der Waals surface area contributed by atoms with Crippen LogP contribution in [0.1, 0.15) is 22.8 Å². The third kappa shape index (κ3) is 9.90. The Bertz CT molecular complexity index is 1060. The molecule has 2 fully saturated rings. The number of nitrogens with one attached hydrogen (secondary N) is 1. The fourth-order valence-electron chi connectivity index (χ4n) is 3.95. The number of carboxylic acid groups (broad SMARTS) is 2. The van der Waals surface area contributed by atoms with E-state index < -0.39 is 24.3 Å². The normalized spacial score (nSPS) is 21.1. The Morgan fingerprint density at radius 1 is 1.13 bits per heavy atom. The van der Waals surface area contributed by atoms with Gasteiger partial charge >= 0.3 is 24.3 Å². The maximum absolute atomic E-state index is 12.0. The van der Waals surface area contributed by atoms with E-state index in [9.17, 15) is 31.1 Å². The molecule has 11 nitrogen and oxygen atoms in total. The zero-order chi connectivity index (χ0) is 29.4. The van der Waals surface area contributed by atoms with Crippen molar-refractivity contribution in [3.8, 4) is 0 Å². The summed E-state index contributed by atoms with van der Waals surface area (Å²) in [7, 11) is 2.03. The number of furan rings is 1. The lowest BCUT2D eigenvalue weighted by atomic mass is 9.84. The standard InChI is InChI=1S/C18H24N4O3.2C2HF3O2/c1-21-7-5-19-17(21)11-22-6-4-14-13(10-22)12-25-16(14)9-20-18(23)15-3-2-8-24-15;2*3-2(4,5)1(6)7/h2-3,5,7-8,13-14,16H,4,6,9-12H2,1H3,(H,20,23);2*(H,6,7)/t13-,14-,16+;;/m1../s1. The van der Waals surface area contributed by atoms with E-state index in [0.717, 1.165) is 38.5 Å². The van der Waals surface area contributed by atoms with E-state index in [0.29, 0.717) is 24.1 Å². The summed E-state index contributed by atoms with van der Waals surface area (Å²) in [6.45, 7) is 4.26. The Labute approximate surface area is 217 Å². The minimum absolute atomic E-state index is 0.0965. The van der Waals surface area contributed by atoms with Crippen molar-refractivity contribution in [1.29, 1.82) is 0 Å². The van der Waals surface area contributed by atoms with Gasteiger partial charge in [0.15, 0.2) is 5.76 Å². The molecule has 0 aliphatic carbocycles. The van der Waals surface area contributed by atoms with E-state index >= 15 is 0 Å². The van der Waals surface area contributed by atoms with Gasteiger partial charge in [0.1, 0.15) is 5.82 Å². The molecule has 0 bridgehead atoms. The second-order valence-corrected chi connectivity index (χ2v) is 8.57. The molecule has 0 aromatic carbocycles. The van der Waals surface area contributed by atoms with Crippen LogP contribution in [-0.2, 0) is 27.9 Å². The van der Waals surface area contributed by atoms with Gasteiger partial charge < -0.3 is 29.3 Å². The molecule has 0 saturated carbocycles. The number of nitrogens with zero attached hydrogens (tertiary/aromatic N) is 3. The predicted molar refractivity (Wildman–Crippen MR) is 118 cm³/mol. The van der Waals surface area contributed by atoms with Crippen molar-refractivity contribution < 1.29 is 60.1 Å². The fourth-order valence-corrected chi connectivity index (χ4v) is 3.95. The molecule has 2 aromatic heterocycles. The number of hydrogen-bond acceptors (Lipinski definition) is 7. The van der Waals surface area contributed by atoms with Crippen LogP contribution >= 0.6 is 0 Å². The van der Waals surface area contributed by atoms with Gasteiger partial charge in [0.05, 0.1) is 25.5 Å². The van der Waals surface area contributed by atoms with Crippen molar-refractivity contribution in [3.05, 3.63) is 42.4 Å². The molecule has 4 heterocycles. The van der Waals surface area contributed by atoms with Crippen molar-refractivity contribution in [2.24, 2.45) is 18.9 Å². The Kier molecular flexibility index (Phi) is 10.9. The number of ether oxygens (including phenoxy) is 1. The van der Waals surface area contributed by atoms with Gasteiger partial charge in [0, 0.05) is 38.4 Å². The molecule has 2 aromatic rings. The number of aryl methyl sites for hydroxylation is 1. The molecule has 39 heavy (non-hydrogen) atoms. The first-order valence-electron chi connectivity index (χ1n) is 11.3. The molecular weight excluding hydrogens is 546 g/mol. The molecular formula is C22H26F6N4O7. The molecule has 2 saturated heterocycles. The second-order valence-electron chi connectivity index (χ2n) is 8.57. The van der Waals surface area contributed by atoms with Crippen molar-refractivity contribution in [2.75, 3.05) is 26.2 Å². The van der Waals surface area contributed by atoms with E-state index in [1.807, 2.05) is 19.4 Å². The van der Waals surface area contributed by atoms with Gasteiger partial charge in [-0.15, -0.1) is 0 Å². The smallest absolute Gasteiger partial charge is 0.475 e. The highest BCUT2D eigenvalue weighted by atomic mass is 19.4. The maximum Gasteiger partial charge on any atom is 0.490 e. The van der Waals surface area contributed by atoms with Crippen LogP contribution in [0, 0.1) is 11.8 Å². The van der Waals surface area contributed by atoms with Crippen LogP contribution in [0.3, 0.4) is 0 Å². The molecule has 4 rings (SSSR count). The maximum atomic E-state index is 12.0. The average molecular weight is 572 g/mol. The van der Waals surface area contributed by atoms with E-state index in [1.165, 1.54) is 6.26 Å². The number of alkyl halides is 6.